The van der Waals surface area contributed by atoms with Crippen LogP contribution in [0.25, 0.3) is 0 Å². The molecule has 0 spiro atoms. The second kappa shape index (κ2) is 4.58. The second-order valence-corrected chi connectivity index (χ2v) is 3.73. The van der Waals surface area contributed by atoms with Crippen LogP contribution in [0.2, 0.25) is 0 Å². The van der Waals surface area contributed by atoms with Crippen molar-refractivity contribution in [3.63, 3.8) is 0 Å². The summed E-state index contributed by atoms with van der Waals surface area (Å²) in [6.07, 6.45) is 1.94. The third-order valence-corrected chi connectivity index (χ3v) is 2.61. The van der Waals surface area contributed by atoms with Crippen molar-refractivity contribution in [1.82, 2.24) is 15.3 Å². The molecule has 1 rings (SSSR count). The predicted octanol–water partition coefficient (Wildman–Crippen LogP) is -0.0790. The molecule has 0 aromatic heterocycles. The van der Waals surface area contributed by atoms with Crippen LogP contribution in [0.3, 0.4) is 0 Å². The van der Waals surface area contributed by atoms with E-state index in [1.807, 2.05) is 26.2 Å². The highest BCUT2D eigenvalue weighted by Gasteiger charge is 2.24. The van der Waals surface area contributed by atoms with Crippen molar-refractivity contribution in [3.05, 3.63) is 0 Å². The maximum absolute atomic E-state index is 11.8. The first-order valence-corrected chi connectivity index (χ1v) is 4.78. The lowest BCUT2D eigenvalue weighted by molar-refractivity contribution is -0.147. The molecule has 4 nitrogen and oxygen atoms in total. The zero-order valence-corrected chi connectivity index (χ0v) is 8.71. The van der Waals surface area contributed by atoms with Crippen LogP contribution in [0.15, 0.2) is 0 Å². The van der Waals surface area contributed by atoms with Gasteiger partial charge in [0.2, 0.25) is 5.91 Å². The number of rotatable bonds is 2. The predicted molar refractivity (Wildman–Crippen MR) is 52.1 cm³/mol. The first kappa shape index (κ1) is 10.5. The first-order chi connectivity index (χ1) is 6.13. The summed E-state index contributed by atoms with van der Waals surface area (Å²) < 4.78 is 0. The quantitative estimate of drug-likeness (QED) is 0.611. The van der Waals surface area contributed by atoms with Gasteiger partial charge in [-0.2, -0.15) is 0 Å². The summed E-state index contributed by atoms with van der Waals surface area (Å²) in [7, 11) is 5.60. The van der Waals surface area contributed by atoms with Crippen LogP contribution in [-0.2, 0) is 4.79 Å². The average Bonchev–Trinajstić information content (AvgIpc) is 2.17. The normalized spacial score (nSPS) is 19.1. The Labute approximate surface area is 79.9 Å². The van der Waals surface area contributed by atoms with E-state index in [9.17, 15) is 4.79 Å². The molecule has 0 saturated carbocycles. The van der Waals surface area contributed by atoms with Crippen LogP contribution in [0.4, 0.5) is 0 Å². The minimum absolute atomic E-state index is 0.216. The van der Waals surface area contributed by atoms with Crippen LogP contribution in [0, 0.1) is 5.92 Å². The molecule has 0 aromatic carbocycles. The van der Waals surface area contributed by atoms with Gasteiger partial charge in [0.25, 0.3) is 0 Å². The Kier molecular flexibility index (Phi) is 3.69. The molecule has 1 heterocycles. The fourth-order valence-corrected chi connectivity index (χ4v) is 1.53. The van der Waals surface area contributed by atoms with Crippen molar-refractivity contribution < 1.29 is 4.79 Å². The Morgan fingerprint density at radius 2 is 1.77 bits per heavy atom. The van der Waals surface area contributed by atoms with Crippen LogP contribution >= 0.6 is 0 Å². The molecule has 0 aliphatic carbocycles. The van der Waals surface area contributed by atoms with Gasteiger partial charge in [-0.05, 0) is 25.9 Å². The van der Waals surface area contributed by atoms with Gasteiger partial charge in [-0.1, -0.05) is 0 Å². The van der Waals surface area contributed by atoms with Gasteiger partial charge in [-0.25, -0.2) is 5.01 Å². The van der Waals surface area contributed by atoms with E-state index >= 15 is 0 Å². The third-order valence-electron chi connectivity index (χ3n) is 2.61. The molecule has 1 N–H and O–H groups in total. The van der Waals surface area contributed by atoms with Gasteiger partial charge in [-0.15, -0.1) is 0 Å². The molecule has 1 aliphatic heterocycles. The molecule has 76 valence electrons. The van der Waals surface area contributed by atoms with Crippen molar-refractivity contribution in [2.45, 2.75) is 12.8 Å². The highest BCUT2D eigenvalue weighted by Crippen LogP contribution is 2.14. The molecule has 0 atom stereocenters. The fraction of sp³-hybridized carbons (Fsp3) is 0.889. The highest BCUT2D eigenvalue weighted by molar-refractivity contribution is 5.78. The zero-order chi connectivity index (χ0) is 9.84. The number of piperidine rings is 1. The number of amides is 1. The lowest BCUT2D eigenvalue weighted by Crippen LogP contribution is -2.44. The van der Waals surface area contributed by atoms with Gasteiger partial charge in [0, 0.05) is 27.1 Å². The van der Waals surface area contributed by atoms with Crippen LogP contribution in [0.5, 0.6) is 0 Å². The Balaban J connectivity index is 2.45. The Bertz CT molecular complexity index is 176. The molecule has 1 aliphatic rings. The third kappa shape index (κ3) is 2.67. The smallest absolute Gasteiger partial charge is 0.239 e. The molecule has 1 fully saturated rings. The zero-order valence-electron chi connectivity index (χ0n) is 8.71. The summed E-state index contributed by atoms with van der Waals surface area (Å²) in [5.74, 6) is 0.458. The van der Waals surface area contributed by atoms with Gasteiger partial charge < -0.3 is 5.32 Å². The minimum atomic E-state index is 0.216. The molecule has 0 bridgehead atoms. The van der Waals surface area contributed by atoms with E-state index in [1.165, 1.54) is 0 Å². The standard InChI is InChI=1S/C9H19N3O/c1-11(2)12(3)9(13)8-4-6-10-7-5-8/h8,10H,4-7H2,1-3H3. The van der Waals surface area contributed by atoms with E-state index in [0.717, 1.165) is 25.9 Å². The lowest BCUT2D eigenvalue weighted by atomic mass is 9.97. The van der Waals surface area contributed by atoms with Crippen LogP contribution in [0.1, 0.15) is 12.8 Å². The number of carbonyl (C=O) groups is 1. The van der Waals surface area contributed by atoms with E-state index in [4.69, 9.17) is 0 Å². The van der Waals surface area contributed by atoms with Crippen molar-refractivity contribution in [3.8, 4) is 0 Å². The average molecular weight is 185 g/mol. The molecular weight excluding hydrogens is 166 g/mol. The SMILES string of the molecule is CN(C)N(C)C(=O)C1CCNCC1. The number of hydrogen-bond acceptors (Lipinski definition) is 3. The lowest BCUT2D eigenvalue weighted by Gasteiger charge is -2.30. The molecule has 4 heteroatoms. The fourth-order valence-electron chi connectivity index (χ4n) is 1.53. The number of carbonyl (C=O) groups excluding carboxylic acids is 1. The molecule has 13 heavy (non-hydrogen) atoms. The van der Waals surface area contributed by atoms with E-state index in [-0.39, 0.29) is 11.8 Å². The number of nitrogens with zero attached hydrogens (tertiary/aromatic N) is 2. The Hall–Kier alpha value is -0.610. The summed E-state index contributed by atoms with van der Waals surface area (Å²) in [5.41, 5.74) is 0. The van der Waals surface area contributed by atoms with E-state index in [1.54, 1.807) is 5.01 Å². The van der Waals surface area contributed by atoms with Gasteiger partial charge in [0.15, 0.2) is 0 Å². The summed E-state index contributed by atoms with van der Waals surface area (Å²) >= 11 is 0. The van der Waals surface area contributed by atoms with Crippen molar-refractivity contribution >= 4 is 5.91 Å². The maximum atomic E-state index is 11.8. The number of nitrogens with one attached hydrogen (secondary N) is 1. The monoisotopic (exact) mass is 185 g/mol. The summed E-state index contributed by atoms with van der Waals surface area (Å²) in [6.45, 7) is 1.94. The Morgan fingerprint density at radius 3 is 2.23 bits per heavy atom. The van der Waals surface area contributed by atoms with Crippen molar-refractivity contribution in [2.24, 2.45) is 5.92 Å². The largest absolute Gasteiger partial charge is 0.317 e. The first-order valence-electron chi connectivity index (χ1n) is 4.78. The number of hydrogen-bond donors (Lipinski definition) is 1. The molecular formula is C9H19N3O. The molecule has 1 amide bonds. The van der Waals surface area contributed by atoms with Gasteiger partial charge >= 0.3 is 0 Å². The summed E-state index contributed by atoms with van der Waals surface area (Å²) in [4.78, 5) is 11.8. The van der Waals surface area contributed by atoms with E-state index in [0.29, 0.717) is 0 Å². The van der Waals surface area contributed by atoms with Gasteiger partial charge in [0.1, 0.15) is 0 Å². The second-order valence-electron chi connectivity index (χ2n) is 3.73. The van der Waals surface area contributed by atoms with Crippen molar-refractivity contribution in [2.75, 3.05) is 34.2 Å². The maximum Gasteiger partial charge on any atom is 0.239 e. The van der Waals surface area contributed by atoms with Crippen molar-refractivity contribution in [1.29, 1.82) is 0 Å². The van der Waals surface area contributed by atoms with E-state index < -0.39 is 0 Å². The summed E-state index contributed by atoms with van der Waals surface area (Å²) in [5, 5.41) is 6.77. The minimum Gasteiger partial charge on any atom is -0.317 e. The molecule has 0 radical (unpaired) electrons. The molecule has 0 aromatic rings. The van der Waals surface area contributed by atoms with Gasteiger partial charge in [0.05, 0.1) is 0 Å². The number of hydrazine groups is 1. The molecule has 1 saturated heterocycles. The van der Waals surface area contributed by atoms with Crippen LogP contribution in [-0.4, -0.2) is 50.2 Å². The topological polar surface area (TPSA) is 35.6 Å². The van der Waals surface area contributed by atoms with E-state index in [2.05, 4.69) is 5.32 Å². The molecule has 0 unspecified atom stereocenters. The summed E-state index contributed by atoms with van der Waals surface area (Å²) in [6, 6.07) is 0. The highest BCUT2D eigenvalue weighted by atomic mass is 16.2. The van der Waals surface area contributed by atoms with Gasteiger partial charge in [-0.3, -0.25) is 9.80 Å². The Morgan fingerprint density at radius 1 is 1.23 bits per heavy atom. The van der Waals surface area contributed by atoms with Crippen LogP contribution < -0.4 is 5.32 Å².